The van der Waals surface area contributed by atoms with E-state index < -0.39 is 0 Å². The summed E-state index contributed by atoms with van der Waals surface area (Å²) in [6, 6.07) is 12.3. The fraction of sp³-hybridized carbons (Fsp3) is 0.417. The molecule has 170 valence electrons. The highest BCUT2D eigenvalue weighted by Gasteiger charge is 2.21. The highest BCUT2D eigenvalue weighted by molar-refractivity contribution is 9.10. The highest BCUT2D eigenvalue weighted by Crippen LogP contribution is 2.27. The summed E-state index contributed by atoms with van der Waals surface area (Å²) in [5.41, 5.74) is 1.66. The molecule has 2 fully saturated rings. The molecule has 2 aliphatic rings. The van der Waals surface area contributed by atoms with Crippen LogP contribution in [-0.4, -0.2) is 74.2 Å². The molecule has 2 amide bonds. The van der Waals surface area contributed by atoms with Crippen LogP contribution in [0.2, 0.25) is 0 Å². The zero-order valence-electron chi connectivity index (χ0n) is 18.2. The van der Waals surface area contributed by atoms with Gasteiger partial charge in [-0.3, -0.25) is 9.59 Å². The quantitative estimate of drug-likeness (QED) is 0.653. The predicted octanol–water partition coefficient (Wildman–Crippen LogP) is 3.65. The Labute approximate surface area is 196 Å². The van der Waals surface area contributed by atoms with E-state index in [0.29, 0.717) is 46.7 Å². The van der Waals surface area contributed by atoms with E-state index in [9.17, 15) is 9.59 Å². The lowest BCUT2D eigenvalue weighted by molar-refractivity contribution is 0.0663. The highest BCUT2D eigenvalue weighted by atomic mass is 79.9. The Bertz CT molecular complexity index is 969. The number of benzene rings is 2. The van der Waals surface area contributed by atoms with Crippen molar-refractivity contribution in [2.24, 2.45) is 0 Å². The first-order valence-corrected chi connectivity index (χ1v) is 11.7. The monoisotopic (exact) mass is 501 g/mol. The van der Waals surface area contributed by atoms with Gasteiger partial charge < -0.3 is 24.6 Å². The number of ether oxygens (including phenoxy) is 2. The Morgan fingerprint density at radius 3 is 2.66 bits per heavy atom. The first-order chi connectivity index (χ1) is 15.5. The molecule has 1 unspecified atom stereocenters. The van der Waals surface area contributed by atoms with Crippen molar-refractivity contribution in [3.63, 3.8) is 0 Å². The minimum absolute atomic E-state index is 0.00955. The molecule has 0 spiro atoms. The minimum Gasteiger partial charge on any atom is -0.490 e. The van der Waals surface area contributed by atoms with E-state index >= 15 is 0 Å². The maximum absolute atomic E-state index is 12.8. The summed E-state index contributed by atoms with van der Waals surface area (Å²) >= 11 is 3.49. The summed E-state index contributed by atoms with van der Waals surface area (Å²) in [7, 11) is 2.05. The van der Waals surface area contributed by atoms with E-state index in [1.54, 1.807) is 42.5 Å². The largest absolute Gasteiger partial charge is 0.490 e. The van der Waals surface area contributed by atoms with E-state index in [1.165, 1.54) is 0 Å². The fourth-order valence-electron chi connectivity index (χ4n) is 3.84. The molecule has 2 heterocycles. The third kappa shape index (κ3) is 5.68. The Kier molecular flexibility index (Phi) is 7.44. The second-order valence-electron chi connectivity index (χ2n) is 8.22. The summed E-state index contributed by atoms with van der Waals surface area (Å²) in [5.74, 6) is 0.419. The molecule has 1 N–H and O–H groups in total. The maximum Gasteiger partial charge on any atom is 0.255 e. The zero-order chi connectivity index (χ0) is 22.5. The SMILES string of the molecule is CN1CCN(C(=O)c2cccc(NC(=O)c3ccc(OCC4CCCO4)c(Br)c3)c2)CC1. The van der Waals surface area contributed by atoms with Gasteiger partial charge in [-0.25, -0.2) is 0 Å². The number of carbonyl (C=O) groups is 2. The normalized spacial score (nSPS) is 19.1. The van der Waals surface area contributed by atoms with Crippen LogP contribution in [0, 0.1) is 0 Å². The van der Waals surface area contributed by atoms with Crippen LogP contribution in [0.1, 0.15) is 33.6 Å². The summed E-state index contributed by atoms with van der Waals surface area (Å²) in [5, 5.41) is 2.89. The summed E-state index contributed by atoms with van der Waals surface area (Å²) in [6.45, 7) is 4.44. The van der Waals surface area contributed by atoms with E-state index in [1.807, 2.05) is 4.90 Å². The van der Waals surface area contributed by atoms with Crippen molar-refractivity contribution in [1.29, 1.82) is 0 Å². The van der Waals surface area contributed by atoms with Crippen molar-refractivity contribution in [1.82, 2.24) is 9.80 Å². The minimum atomic E-state index is -0.249. The first kappa shape index (κ1) is 22.8. The van der Waals surface area contributed by atoms with Crippen LogP contribution in [0.3, 0.4) is 0 Å². The molecule has 2 saturated heterocycles. The maximum atomic E-state index is 12.8. The third-order valence-electron chi connectivity index (χ3n) is 5.80. The lowest BCUT2D eigenvalue weighted by atomic mass is 10.1. The van der Waals surface area contributed by atoms with Crippen LogP contribution < -0.4 is 10.1 Å². The summed E-state index contributed by atoms with van der Waals surface area (Å²) < 4.78 is 12.1. The van der Waals surface area contributed by atoms with Crippen molar-refractivity contribution in [3.05, 3.63) is 58.1 Å². The number of nitrogens with zero attached hydrogens (tertiary/aromatic N) is 2. The Morgan fingerprint density at radius 1 is 1.12 bits per heavy atom. The fourth-order valence-corrected chi connectivity index (χ4v) is 4.34. The number of anilines is 1. The topological polar surface area (TPSA) is 71.1 Å². The zero-order valence-corrected chi connectivity index (χ0v) is 19.8. The molecule has 8 heteroatoms. The average Bonchev–Trinajstić information content (AvgIpc) is 3.32. The van der Waals surface area contributed by atoms with Gasteiger partial charge in [0.1, 0.15) is 12.4 Å². The molecule has 1 atom stereocenters. The van der Waals surface area contributed by atoms with Crippen LogP contribution >= 0.6 is 15.9 Å². The number of piperazine rings is 1. The second kappa shape index (κ2) is 10.5. The number of carbonyl (C=O) groups excluding carboxylic acids is 2. The molecule has 0 aliphatic carbocycles. The molecule has 0 aromatic heterocycles. The molecule has 7 nitrogen and oxygen atoms in total. The van der Waals surface area contributed by atoms with E-state index in [0.717, 1.165) is 32.5 Å². The number of likely N-dealkylation sites (N-methyl/N-ethyl adjacent to an activating group) is 1. The van der Waals surface area contributed by atoms with Gasteiger partial charge in [-0.2, -0.15) is 0 Å². The van der Waals surface area contributed by atoms with Crippen LogP contribution in [0.4, 0.5) is 5.69 Å². The molecule has 0 radical (unpaired) electrons. The van der Waals surface area contributed by atoms with Crippen LogP contribution in [0.25, 0.3) is 0 Å². The van der Waals surface area contributed by atoms with Crippen LogP contribution in [0.15, 0.2) is 46.9 Å². The van der Waals surface area contributed by atoms with E-state index in [4.69, 9.17) is 9.47 Å². The molecule has 4 rings (SSSR count). The molecule has 2 aromatic carbocycles. The molecular formula is C24H28BrN3O4. The number of halogens is 1. The van der Waals surface area contributed by atoms with Gasteiger partial charge in [-0.1, -0.05) is 6.07 Å². The van der Waals surface area contributed by atoms with Crippen molar-refractivity contribution < 1.29 is 19.1 Å². The molecule has 0 saturated carbocycles. The van der Waals surface area contributed by atoms with Gasteiger partial charge in [0, 0.05) is 49.6 Å². The molecule has 2 aliphatic heterocycles. The van der Waals surface area contributed by atoms with Crippen LogP contribution in [-0.2, 0) is 4.74 Å². The first-order valence-electron chi connectivity index (χ1n) is 10.9. The van der Waals surface area contributed by atoms with Crippen molar-refractivity contribution in [2.75, 3.05) is 51.8 Å². The average molecular weight is 502 g/mol. The Morgan fingerprint density at radius 2 is 1.94 bits per heavy atom. The standard InChI is InChI=1S/C24H28BrN3O4/c1-27-9-11-28(12-10-27)24(30)18-4-2-5-19(14-18)26-23(29)17-7-8-22(21(25)15-17)32-16-20-6-3-13-31-20/h2,4-5,7-8,14-15,20H,3,6,9-13,16H2,1H3,(H,26,29). The summed E-state index contributed by atoms with van der Waals surface area (Å²) in [6.07, 6.45) is 2.20. The molecule has 2 aromatic rings. The number of nitrogens with one attached hydrogen (secondary N) is 1. The van der Waals surface area contributed by atoms with Gasteiger partial charge in [0.05, 0.1) is 10.6 Å². The van der Waals surface area contributed by atoms with Crippen molar-refractivity contribution >= 4 is 33.4 Å². The predicted molar refractivity (Wildman–Crippen MR) is 126 cm³/mol. The van der Waals surface area contributed by atoms with E-state index in [-0.39, 0.29) is 17.9 Å². The number of hydrogen-bond acceptors (Lipinski definition) is 5. The van der Waals surface area contributed by atoms with Gasteiger partial charge in [-0.15, -0.1) is 0 Å². The molecule has 32 heavy (non-hydrogen) atoms. The van der Waals surface area contributed by atoms with Gasteiger partial charge in [0.25, 0.3) is 11.8 Å². The summed E-state index contributed by atoms with van der Waals surface area (Å²) in [4.78, 5) is 29.6. The number of rotatable bonds is 6. The molecular weight excluding hydrogens is 474 g/mol. The second-order valence-corrected chi connectivity index (χ2v) is 9.08. The van der Waals surface area contributed by atoms with Gasteiger partial charge in [-0.05, 0) is 72.2 Å². The Hall–Kier alpha value is -2.42. The number of hydrogen-bond donors (Lipinski definition) is 1. The van der Waals surface area contributed by atoms with Crippen LogP contribution in [0.5, 0.6) is 5.75 Å². The Balaban J connectivity index is 1.37. The smallest absolute Gasteiger partial charge is 0.255 e. The lowest BCUT2D eigenvalue weighted by Crippen LogP contribution is -2.47. The van der Waals surface area contributed by atoms with E-state index in [2.05, 4.69) is 33.2 Å². The van der Waals surface area contributed by atoms with Gasteiger partial charge in [0.2, 0.25) is 0 Å². The van der Waals surface area contributed by atoms with Crippen molar-refractivity contribution in [2.45, 2.75) is 18.9 Å². The third-order valence-corrected chi connectivity index (χ3v) is 6.42. The number of amides is 2. The van der Waals surface area contributed by atoms with Gasteiger partial charge >= 0.3 is 0 Å². The van der Waals surface area contributed by atoms with Gasteiger partial charge in [0.15, 0.2) is 0 Å². The molecule has 0 bridgehead atoms. The lowest BCUT2D eigenvalue weighted by Gasteiger charge is -2.32. The van der Waals surface area contributed by atoms with Crippen molar-refractivity contribution in [3.8, 4) is 5.75 Å².